The van der Waals surface area contributed by atoms with E-state index in [0.29, 0.717) is 5.92 Å². The summed E-state index contributed by atoms with van der Waals surface area (Å²) in [7, 11) is 1.90. The Labute approximate surface area is 169 Å². The van der Waals surface area contributed by atoms with Gasteiger partial charge in [0.25, 0.3) is 0 Å². The van der Waals surface area contributed by atoms with Gasteiger partial charge in [-0.15, -0.1) is 11.8 Å². The standard InChI is InChI=1S/C17H31N5O5S/c1-4-5-9-6-11(22(2)8-9)16(26)20-10(7-19-21-18)15-13(24)12(23)14(25)17(27-15)28-3/h9-15,17,23-25H,4-8H2,1-3H3,(H,20,26)/t9-,10-,11+,12?,13?,14-,15-,17?/m1/s1. The number of carbonyl (C=O) groups is 1. The summed E-state index contributed by atoms with van der Waals surface area (Å²) in [6.07, 6.45) is -0.552. The number of nitrogens with one attached hydrogen (secondary N) is 1. The van der Waals surface area contributed by atoms with Crippen LogP contribution in [0.4, 0.5) is 0 Å². The Hall–Kier alpha value is -1.07. The number of ether oxygens (including phenoxy) is 1. The SMILES string of the molecule is CCC[C@@H]1C[C@@H](C(=O)N[C@H](CN=[N+]=[N-])[C@H]2OC(SC)[C@H](O)C(O)C2O)N(C)C1. The zero-order valence-corrected chi connectivity index (χ0v) is 17.3. The van der Waals surface area contributed by atoms with Crippen molar-refractivity contribution in [1.82, 2.24) is 10.2 Å². The molecule has 8 atom stereocenters. The highest BCUT2D eigenvalue weighted by atomic mass is 32.2. The van der Waals surface area contributed by atoms with E-state index in [4.69, 9.17) is 10.3 Å². The Balaban J connectivity index is 2.12. The van der Waals surface area contributed by atoms with Crippen LogP contribution in [0.3, 0.4) is 0 Å². The summed E-state index contributed by atoms with van der Waals surface area (Å²) in [5.41, 5.74) is 7.93. The fourth-order valence-corrected chi connectivity index (χ4v) is 4.74. The van der Waals surface area contributed by atoms with E-state index in [0.717, 1.165) is 25.8 Å². The number of azide groups is 1. The number of nitrogens with zero attached hydrogens (tertiary/aromatic N) is 4. The van der Waals surface area contributed by atoms with E-state index in [9.17, 15) is 20.1 Å². The second kappa shape index (κ2) is 10.6. The summed E-state index contributed by atoms with van der Waals surface area (Å²) in [5.74, 6) is 0.229. The van der Waals surface area contributed by atoms with Gasteiger partial charge in [0.15, 0.2) is 0 Å². The number of likely N-dealkylation sites (N-methyl/N-ethyl adjacent to an activating group) is 1. The van der Waals surface area contributed by atoms with Crippen molar-refractivity contribution in [1.29, 1.82) is 0 Å². The minimum Gasteiger partial charge on any atom is -0.388 e. The normalized spacial score (nSPS) is 37.3. The summed E-state index contributed by atoms with van der Waals surface area (Å²) in [5, 5.41) is 36.9. The molecule has 0 aromatic carbocycles. The van der Waals surface area contributed by atoms with Crippen LogP contribution in [0.1, 0.15) is 26.2 Å². The molecular weight excluding hydrogens is 386 g/mol. The highest BCUT2D eigenvalue weighted by Crippen LogP contribution is 2.30. The number of hydrogen-bond acceptors (Lipinski definition) is 8. The van der Waals surface area contributed by atoms with Crippen LogP contribution in [0.5, 0.6) is 0 Å². The third kappa shape index (κ3) is 5.29. The van der Waals surface area contributed by atoms with Crippen LogP contribution >= 0.6 is 11.8 Å². The molecule has 0 radical (unpaired) electrons. The maximum atomic E-state index is 12.9. The average molecular weight is 418 g/mol. The van der Waals surface area contributed by atoms with Gasteiger partial charge in [-0.2, -0.15) is 0 Å². The first-order chi connectivity index (χ1) is 13.3. The Morgan fingerprint density at radius 2 is 2.11 bits per heavy atom. The van der Waals surface area contributed by atoms with Crippen LogP contribution in [0.15, 0.2) is 5.11 Å². The molecule has 1 amide bonds. The van der Waals surface area contributed by atoms with Gasteiger partial charge in [0, 0.05) is 18.0 Å². The molecule has 2 saturated heterocycles. The van der Waals surface area contributed by atoms with Gasteiger partial charge < -0.3 is 25.4 Å². The summed E-state index contributed by atoms with van der Waals surface area (Å²) in [6, 6.07) is -1.13. The molecule has 10 nitrogen and oxygen atoms in total. The Bertz CT molecular complexity index is 576. The number of hydrogen-bond donors (Lipinski definition) is 4. The van der Waals surface area contributed by atoms with Crippen molar-refractivity contribution in [3.05, 3.63) is 10.4 Å². The number of thioether (sulfide) groups is 1. The van der Waals surface area contributed by atoms with Gasteiger partial charge in [-0.05, 0) is 37.6 Å². The maximum Gasteiger partial charge on any atom is 0.237 e. The molecule has 11 heteroatoms. The molecular formula is C17H31N5O5S. The van der Waals surface area contributed by atoms with Crippen molar-refractivity contribution in [3.63, 3.8) is 0 Å². The molecule has 2 fully saturated rings. The minimum absolute atomic E-state index is 0.136. The Morgan fingerprint density at radius 1 is 1.39 bits per heavy atom. The Morgan fingerprint density at radius 3 is 2.71 bits per heavy atom. The maximum absolute atomic E-state index is 12.9. The molecule has 3 unspecified atom stereocenters. The zero-order chi connectivity index (χ0) is 20.8. The number of aliphatic hydroxyl groups is 3. The molecule has 2 rings (SSSR count). The van der Waals surface area contributed by atoms with Crippen molar-refractivity contribution >= 4 is 17.7 Å². The highest BCUT2D eigenvalue weighted by Gasteiger charge is 2.47. The van der Waals surface area contributed by atoms with Crippen LogP contribution in [-0.2, 0) is 9.53 Å². The van der Waals surface area contributed by atoms with E-state index in [1.165, 1.54) is 11.8 Å². The largest absolute Gasteiger partial charge is 0.388 e. The van der Waals surface area contributed by atoms with Gasteiger partial charge in [-0.25, -0.2) is 0 Å². The summed E-state index contributed by atoms with van der Waals surface area (Å²) in [4.78, 5) is 17.6. The lowest BCUT2D eigenvalue weighted by Gasteiger charge is -2.43. The van der Waals surface area contributed by atoms with Gasteiger partial charge in [0.05, 0.1) is 12.1 Å². The minimum atomic E-state index is -1.43. The number of likely N-dealkylation sites (tertiary alicyclic amines) is 1. The molecule has 160 valence electrons. The van der Waals surface area contributed by atoms with E-state index < -0.39 is 35.9 Å². The summed E-state index contributed by atoms with van der Waals surface area (Å²) in [6.45, 7) is 2.82. The smallest absolute Gasteiger partial charge is 0.237 e. The number of carbonyl (C=O) groups excluding carboxylic acids is 1. The molecule has 2 heterocycles. The van der Waals surface area contributed by atoms with Crippen molar-refractivity contribution in [2.75, 3.05) is 26.4 Å². The number of rotatable bonds is 8. The van der Waals surface area contributed by atoms with Gasteiger partial charge in [0.2, 0.25) is 5.91 Å². The molecule has 0 bridgehead atoms. The monoisotopic (exact) mass is 417 g/mol. The molecule has 0 aromatic heterocycles. The lowest BCUT2D eigenvalue weighted by molar-refractivity contribution is -0.204. The fraction of sp³-hybridized carbons (Fsp3) is 0.941. The second-order valence-electron chi connectivity index (χ2n) is 7.55. The van der Waals surface area contributed by atoms with E-state index in [-0.39, 0.29) is 18.5 Å². The van der Waals surface area contributed by atoms with Crippen LogP contribution in [0.25, 0.3) is 10.4 Å². The summed E-state index contributed by atoms with van der Waals surface area (Å²) < 4.78 is 5.73. The van der Waals surface area contributed by atoms with Crippen molar-refractivity contribution < 1.29 is 24.9 Å². The molecule has 0 spiro atoms. The number of amides is 1. The van der Waals surface area contributed by atoms with Gasteiger partial charge in [-0.1, -0.05) is 18.5 Å². The average Bonchev–Trinajstić information content (AvgIpc) is 3.04. The molecule has 0 saturated carbocycles. The molecule has 4 N–H and O–H groups in total. The predicted octanol–water partition coefficient (Wildman–Crippen LogP) is 0.0725. The Kier molecular flexibility index (Phi) is 8.81. The van der Waals surface area contributed by atoms with Gasteiger partial charge >= 0.3 is 0 Å². The topological polar surface area (TPSA) is 151 Å². The van der Waals surface area contributed by atoms with E-state index >= 15 is 0 Å². The number of aliphatic hydroxyl groups excluding tert-OH is 3. The van der Waals surface area contributed by atoms with E-state index in [2.05, 4.69) is 22.3 Å². The zero-order valence-electron chi connectivity index (χ0n) is 16.5. The third-order valence-electron chi connectivity index (χ3n) is 5.54. The first-order valence-electron chi connectivity index (χ1n) is 9.57. The first kappa shape index (κ1) is 23.2. The molecule has 0 aliphatic carbocycles. The molecule has 0 aromatic rings. The third-order valence-corrected chi connectivity index (χ3v) is 6.39. The van der Waals surface area contributed by atoms with Crippen LogP contribution in [-0.4, -0.2) is 94.5 Å². The summed E-state index contributed by atoms with van der Waals surface area (Å²) >= 11 is 1.19. The fourth-order valence-electron chi connectivity index (χ4n) is 4.07. The molecule has 2 aliphatic heterocycles. The van der Waals surface area contributed by atoms with E-state index in [1.807, 2.05) is 11.9 Å². The van der Waals surface area contributed by atoms with Gasteiger partial charge in [-0.3, -0.25) is 9.69 Å². The van der Waals surface area contributed by atoms with Crippen molar-refractivity contribution in [2.24, 2.45) is 11.0 Å². The lowest BCUT2D eigenvalue weighted by Crippen LogP contribution is -2.64. The van der Waals surface area contributed by atoms with Gasteiger partial charge in [0.1, 0.15) is 29.9 Å². The lowest BCUT2D eigenvalue weighted by atomic mass is 9.94. The van der Waals surface area contributed by atoms with Crippen molar-refractivity contribution in [2.45, 2.75) is 68.1 Å². The second-order valence-corrected chi connectivity index (χ2v) is 8.49. The van der Waals surface area contributed by atoms with Crippen LogP contribution in [0, 0.1) is 5.92 Å². The van der Waals surface area contributed by atoms with Crippen LogP contribution < -0.4 is 5.32 Å². The van der Waals surface area contributed by atoms with Crippen LogP contribution in [0.2, 0.25) is 0 Å². The first-order valence-corrected chi connectivity index (χ1v) is 10.9. The van der Waals surface area contributed by atoms with E-state index in [1.54, 1.807) is 6.26 Å². The highest BCUT2D eigenvalue weighted by molar-refractivity contribution is 7.99. The molecule has 28 heavy (non-hydrogen) atoms. The molecule has 2 aliphatic rings. The quantitative estimate of drug-likeness (QED) is 0.248. The van der Waals surface area contributed by atoms with Crippen molar-refractivity contribution in [3.8, 4) is 0 Å². The predicted molar refractivity (Wildman–Crippen MR) is 106 cm³/mol.